The molecule has 186 valence electrons. The molecule has 3 aliphatic rings. The average Bonchev–Trinajstić information content (AvgIpc) is 2.98. The summed E-state index contributed by atoms with van der Waals surface area (Å²) in [6.45, 7) is 11.6. The number of nitrogens with one attached hydrogen (secondary N) is 2. The first kappa shape index (κ1) is 25.5. The minimum absolute atomic E-state index is 0.0359. The molecule has 33 heavy (non-hydrogen) atoms. The van der Waals surface area contributed by atoms with Crippen LogP contribution in [0.4, 0.5) is 0 Å². The minimum Gasteiger partial charge on any atom is -0.454 e. The van der Waals surface area contributed by atoms with Crippen molar-refractivity contribution in [2.45, 2.75) is 90.6 Å². The highest BCUT2D eigenvalue weighted by Gasteiger charge is 2.74. The summed E-state index contributed by atoms with van der Waals surface area (Å²) >= 11 is 0. The van der Waals surface area contributed by atoms with Crippen LogP contribution < -0.4 is 10.6 Å². The molecule has 2 amide bonds. The number of methoxy groups -OCH3 is 1. The number of guanidine groups is 1. The second-order valence-electron chi connectivity index (χ2n) is 11.3. The molecule has 4 N–H and O–H groups in total. The van der Waals surface area contributed by atoms with E-state index in [-0.39, 0.29) is 12.4 Å². The molecule has 2 bridgehead atoms. The molecule has 3 rings (SSSR count). The van der Waals surface area contributed by atoms with Crippen LogP contribution in [0.1, 0.15) is 54.9 Å². The lowest BCUT2D eigenvalue weighted by molar-refractivity contribution is -0.235. The number of hydrogen-bond acceptors (Lipinski definition) is 9. The molecule has 2 heterocycles. The molecule has 7 unspecified atom stereocenters. The molecule has 2 saturated heterocycles. The van der Waals surface area contributed by atoms with Crippen molar-refractivity contribution in [2.24, 2.45) is 21.7 Å². The van der Waals surface area contributed by atoms with Crippen molar-refractivity contribution in [1.82, 2.24) is 10.6 Å². The maximum Gasteiger partial charge on any atom is 0.338 e. The molecule has 3 fully saturated rings. The van der Waals surface area contributed by atoms with Gasteiger partial charge >= 0.3 is 5.97 Å². The van der Waals surface area contributed by atoms with E-state index in [1.165, 1.54) is 14.0 Å². The molecule has 0 aromatic carbocycles. The Hall–Kier alpha value is -2.08. The van der Waals surface area contributed by atoms with Gasteiger partial charge in [-0.2, -0.15) is 0 Å². The largest absolute Gasteiger partial charge is 0.454 e. The lowest BCUT2D eigenvalue weighted by Crippen LogP contribution is -2.74. The van der Waals surface area contributed by atoms with E-state index in [1.54, 1.807) is 41.5 Å². The number of carbonyl (C=O) groups excluding carboxylic acids is 3. The molecular formula is C22H35N3O8. The number of aliphatic imine (C=N–C) groups is 1. The Morgan fingerprint density at radius 3 is 2.09 bits per heavy atom. The first-order chi connectivity index (χ1) is 14.9. The smallest absolute Gasteiger partial charge is 0.338 e. The Morgan fingerprint density at radius 2 is 1.64 bits per heavy atom. The van der Waals surface area contributed by atoms with Crippen LogP contribution in [-0.4, -0.2) is 76.8 Å². The summed E-state index contributed by atoms with van der Waals surface area (Å²) in [4.78, 5) is 43.0. The number of fused-ring (bicyclic) bond motifs is 1. The molecule has 7 atom stereocenters. The molecule has 1 aliphatic carbocycles. The summed E-state index contributed by atoms with van der Waals surface area (Å²) in [6.07, 6.45) is -5.07. The summed E-state index contributed by atoms with van der Waals surface area (Å²) < 4.78 is 16.5. The molecule has 0 radical (unpaired) electrons. The summed E-state index contributed by atoms with van der Waals surface area (Å²) in [5.74, 6) is -2.68. The number of hydrogen-bond donors (Lipinski definition) is 4. The number of esters is 1. The van der Waals surface area contributed by atoms with Gasteiger partial charge in [-0.05, 0) is 13.3 Å². The molecule has 11 nitrogen and oxygen atoms in total. The van der Waals surface area contributed by atoms with Crippen molar-refractivity contribution in [2.75, 3.05) is 7.11 Å². The number of nitrogens with zero attached hydrogens (tertiary/aromatic N) is 1. The second kappa shape index (κ2) is 8.00. The predicted octanol–water partition coefficient (Wildman–Crippen LogP) is -0.166. The van der Waals surface area contributed by atoms with Crippen molar-refractivity contribution in [3.63, 3.8) is 0 Å². The van der Waals surface area contributed by atoms with E-state index in [4.69, 9.17) is 14.2 Å². The normalized spacial score (nSPS) is 37.8. The van der Waals surface area contributed by atoms with E-state index in [0.29, 0.717) is 0 Å². The van der Waals surface area contributed by atoms with Crippen molar-refractivity contribution in [3.05, 3.63) is 0 Å². The van der Waals surface area contributed by atoms with Gasteiger partial charge < -0.3 is 24.4 Å². The lowest BCUT2D eigenvalue weighted by atomic mass is 9.61. The number of carbonyl (C=O) groups is 3. The van der Waals surface area contributed by atoms with Gasteiger partial charge in [-0.1, -0.05) is 41.5 Å². The number of aliphatic hydroxyl groups is 2. The fourth-order valence-corrected chi connectivity index (χ4v) is 4.45. The van der Waals surface area contributed by atoms with E-state index in [9.17, 15) is 24.6 Å². The zero-order valence-electron chi connectivity index (χ0n) is 20.4. The number of rotatable bonds is 2. The van der Waals surface area contributed by atoms with E-state index in [2.05, 4.69) is 15.6 Å². The third-order valence-corrected chi connectivity index (χ3v) is 6.44. The van der Waals surface area contributed by atoms with Gasteiger partial charge in [0.1, 0.15) is 17.2 Å². The molecule has 0 spiro atoms. The van der Waals surface area contributed by atoms with Crippen LogP contribution in [0.15, 0.2) is 4.99 Å². The van der Waals surface area contributed by atoms with Gasteiger partial charge in [0.2, 0.25) is 17.8 Å². The maximum absolute atomic E-state index is 12.8. The summed E-state index contributed by atoms with van der Waals surface area (Å²) in [6, 6.07) is 0. The fraction of sp³-hybridized carbons (Fsp3) is 0.818. The monoisotopic (exact) mass is 469 g/mol. The van der Waals surface area contributed by atoms with Crippen LogP contribution in [0.5, 0.6) is 0 Å². The highest BCUT2D eigenvalue weighted by molar-refractivity contribution is 6.07. The highest BCUT2D eigenvalue weighted by atomic mass is 16.7. The van der Waals surface area contributed by atoms with Crippen LogP contribution in [0.25, 0.3) is 0 Å². The minimum atomic E-state index is -1.66. The van der Waals surface area contributed by atoms with Crippen LogP contribution in [-0.2, 0) is 28.6 Å². The zero-order chi connectivity index (χ0) is 25.1. The summed E-state index contributed by atoms with van der Waals surface area (Å²) in [5, 5.41) is 27.5. The van der Waals surface area contributed by atoms with Gasteiger partial charge in [0, 0.05) is 23.9 Å². The average molecular weight is 470 g/mol. The van der Waals surface area contributed by atoms with Crippen molar-refractivity contribution in [3.8, 4) is 0 Å². The van der Waals surface area contributed by atoms with Gasteiger partial charge in [0.05, 0.1) is 0 Å². The molecule has 0 aromatic heterocycles. The van der Waals surface area contributed by atoms with Gasteiger partial charge in [-0.3, -0.25) is 20.2 Å². The Bertz CT molecular complexity index is 842. The van der Waals surface area contributed by atoms with Gasteiger partial charge in [-0.25, -0.2) is 9.79 Å². The Balaban J connectivity index is 2.16. The standard InChI is InChI=1S/C22H35N3O8/c1-19(2,3)16(28)23-18(24-17(29)20(4,5)6)25-22-10-9-21(7,30)12(11(22)26)32-14(27)13(22)33-15(10)31-8/h10-13,15,26,30H,9H2,1-8H3,(H2,23,24,25,28,29). The summed E-state index contributed by atoms with van der Waals surface area (Å²) in [7, 11) is 1.38. The quantitative estimate of drug-likeness (QED) is 0.247. The number of ether oxygens (including phenoxy) is 3. The van der Waals surface area contributed by atoms with Crippen molar-refractivity contribution >= 4 is 23.7 Å². The summed E-state index contributed by atoms with van der Waals surface area (Å²) in [5.41, 5.74) is -4.87. The SMILES string of the molecule is COC1OC2C(=O)OC3C(O)C2(N=C(NC(=O)C(C)(C)C)NC(=O)C(C)(C)C)C1CC3(C)O. The first-order valence-electron chi connectivity index (χ1n) is 11.0. The Kier molecular flexibility index (Phi) is 6.19. The highest BCUT2D eigenvalue weighted by Crippen LogP contribution is 2.55. The predicted molar refractivity (Wildman–Crippen MR) is 116 cm³/mol. The van der Waals surface area contributed by atoms with Gasteiger partial charge in [0.25, 0.3) is 0 Å². The number of amides is 2. The Labute approximate surface area is 193 Å². The topological polar surface area (TPSA) is 156 Å². The van der Waals surface area contributed by atoms with Crippen LogP contribution in [0.2, 0.25) is 0 Å². The van der Waals surface area contributed by atoms with E-state index in [0.717, 1.165) is 0 Å². The lowest BCUT2D eigenvalue weighted by Gasteiger charge is -2.54. The van der Waals surface area contributed by atoms with E-state index >= 15 is 0 Å². The van der Waals surface area contributed by atoms with Crippen molar-refractivity contribution in [1.29, 1.82) is 0 Å². The van der Waals surface area contributed by atoms with Crippen LogP contribution in [0.3, 0.4) is 0 Å². The Morgan fingerprint density at radius 1 is 1.12 bits per heavy atom. The molecular weight excluding hydrogens is 434 g/mol. The van der Waals surface area contributed by atoms with E-state index in [1.807, 2.05) is 0 Å². The first-order valence-corrected chi connectivity index (χ1v) is 11.0. The number of aliphatic hydroxyl groups excluding tert-OH is 1. The van der Waals surface area contributed by atoms with Crippen LogP contribution >= 0.6 is 0 Å². The fourth-order valence-electron chi connectivity index (χ4n) is 4.45. The van der Waals surface area contributed by atoms with Crippen molar-refractivity contribution < 1.29 is 38.8 Å². The maximum atomic E-state index is 12.8. The van der Waals surface area contributed by atoms with Crippen LogP contribution in [0, 0.1) is 16.7 Å². The zero-order valence-corrected chi connectivity index (χ0v) is 20.4. The second-order valence-corrected chi connectivity index (χ2v) is 11.3. The molecule has 11 heteroatoms. The van der Waals surface area contributed by atoms with Gasteiger partial charge in [0.15, 0.2) is 18.5 Å². The van der Waals surface area contributed by atoms with E-state index < -0.39 is 70.3 Å². The third-order valence-electron chi connectivity index (χ3n) is 6.44. The van der Waals surface area contributed by atoms with Gasteiger partial charge in [-0.15, -0.1) is 0 Å². The molecule has 0 aromatic rings. The molecule has 1 saturated carbocycles. The molecule has 2 aliphatic heterocycles. The third kappa shape index (κ3) is 4.27.